The van der Waals surface area contributed by atoms with Crippen LogP contribution in [0.25, 0.3) is 0 Å². The predicted molar refractivity (Wildman–Crippen MR) is 92.6 cm³/mol. The van der Waals surface area contributed by atoms with Crippen molar-refractivity contribution >= 4 is 11.7 Å². The van der Waals surface area contributed by atoms with E-state index in [4.69, 9.17) is 0 Å². The lowest BCUT2D eigenvalue weighted by Gasteiger charge is -2.29. The highest BCUT2D eigenvalue weighted by Gasteiger charge is 2.54. The van der Waals surface area contributed by atoms with Crippen LogP contribution in [0.2, 0.25) is 0 Å². The minimum Gasteiger partial charge on any atom is -0.372 e. The largest absolute Gasteiger partial charge is 0.372 e. The van der Waals surface area contributed by atoms with E-state index in [2.05, 4.69) is 27.4 Å². The zero-order valence-corrected chi connectivity index (χ0v) is 13.9. The van der Waals surface area contributed by atoms with Crippen molar-refractivity contribution in [3.8, 4) is 0 Å². The number of benzene rings is 1. The number of carbonyl (C=O) groups excluding carboxylic acids is 1. The molecule has 2 heterocycles. The monoisotopic (exact) mass is 322 g/mol. The van der Waals surface area contributed by atoms with Gasteiger partial charge in [-0.3, -0.25) is 9.78 Å². The van der Waals surface area contributed by atoms with Gasteiger partial charge in [0.1, 0.15) is 5.82 Å². The molecule has 0 spiro atoms. The first-order chi connectivity index (χ1) is 11.7. The molecule has 1 atom stereocenters. The molecule has 0 unspecified atom stereocenters. The molecule has 5 heteroatoms. The van der Waals surface area contributed by atoms with Gasteiger partial charge in [-0.25, -0.2) is 4.98 Å². The maximum Gasteiger partial charge on any atom is 0.233 e. The summed E-state index contributed by atoms with van der Waals surface area (Å²) in [6.07, 6.45) is 7.37. The van der Waals surface area contributed by atoms with Gasteiger partial charge in [-0.15, -0.1) is 0 Å². The third-order valence-corrected chi connectivity index (χ3v) is 5.25. The van der Waals surface area contributed by atoms with Gasteiger partial charge in [0.15, 0.2) is 0 Å². The zero-order valence-electron chi connectivity index (χ0n) is 13.9. The molecule has 1 aromatic heterocycles. The number of carbonyl (C=O) groups is 1. The Hall–Kier alpha value is -2.43. The second-order valence-electron chi connectivity index (χ2n) is 6.68. The molecule has 2 fully saturated rings. The summed E-state index contributed by atoms with van der Waals surface area (Å²) in [5.74, 6) is 1.00. The topological polar surface area (TPSA) is 58.1 Å². The van der Waals surface area contributed by atoms with E-state index >= 15 is 0 Å². The number of aromatic nitrogens is 2. The van der Waals surface area contributed by atoms with E-state index in [9.17, 15) is 4.79 Å². The summed E-state index contributed by atoms with van der Waals surface area (Å²) in [6.45, 7) is 0.809. The van der Waals surface area contributed by atoms with E-state index in [1.807, 2.05) is 30.1 Å². The number of rotatable bonds is 4. The first-order valence-electron chi connectivity index (χ1n) is 8.61. The average Bonchev–Trinajstić information content (AvgIpc) is 3.32. The van der Waals surface area contributed by atoms with Gasteiger partial charge in [0, 0.05) is 13.6 Å². The molecule has 0 radical (unpaired) electrons. The zero-order chi connectivity index (χ0) is 16.6. The second kappa shape index (κ2) is 5.89. The molecule has 24 heavy (non-hydrogen) atoms. The molecule has 1 saturated carbocycles. The van der Waals surface area contributed by atoms with Gasteiger partial charge >= 0.3 is 0 Å². The minimum atomic E-state index is -0.308. The maximum atomic E-state index is 13.3. The van der Waals surface area contributed by atoms with E-state index in [-0.39, 0.29) is 17.4 Å². The molecule has 2 aromatic rings. The van der Waals surface area contributed by atoms with E-state index in [1.54, 1.807) is 12.4 Å². The number of likely N-dealkylation sites (tertiary alicyclic amines) is 1. The van der Waals surface area contributed by atoms with Crippen molar-refractivity contribution in [2.45, 2.75) is 37.1 Å². The highest BCUT2D eigenvalue weighted by molar-refractivity contribution is 5.91. The van der Waals surface area contributed by atoms with Gasteiger partial charge in [0.25, 0.3) is 0 Å². The summed E-state index contributed by atoms with van der Waals surface area (Å²) in [7, 11) is 1.83. The second-order valence-corrected chi connectivity index (χ2v) is 6.68. The molecular weight excluding hydrogens is 300 g/mol. The number of hydrogen-bond acceptors (Lipinski definition) is 4. The lowest BCUT2D eigenvalue weighted by atomic mass is 9.94. The highest BCUT2D eigenvalue weighted by Crippen LogP contribution is 2.51. The molecule has 4 rings (SSSR count). The van der Waals surface area contributed by atoms with Crippen molar-refractivity contribution in [3.63, 3.8) is 0 Å². The average molecular weight is 322 g/mol. The summed E-state index contributed by atoms with van der Waals surface area (Å²) >= 11 is 0. The predicted octanol–water partition coefficient (Wildman–Crippen LogP) is 2.91. The molecule has 1 aliphatic heterocycles. The van der Waals surface area contributed by atoms with E-state index < -0.39 is 0 Å². The maximum absolute atomic E-state index is 13.3. The molecule has 124 valence electrons. The molecule has 1 aromatic carbocycles. The Labute approximate surface area is 142 Å². The molecule has 0 bridgehead atoms. The first-order valence-corrected chi connectivity index (χ1v) is 8.61. The summed E-state index contributed by atoms with van der Waals surface area (Å²) in [4.78, 5) is 24.2. The molecule has 1 N–H and O–H groups in total. The molecule has 5 nitrogen and oxygen atoms in total. The van der Waals surface area contributed by atoms with Gasteiger partial charge in [-0.1, -0.05) is 30.3 Å². The van der Waals surface area contributed by atoms with E-state index in [1.165, 1.54) is 0 Å². The van der Waals surface area contributed by atoms with Crippen LogP contribution in [0.3, 0.4) is 0 Å². The van der Waals surface area contributed by atoms with Crippen LogP contribution >= 0.6 is 0 Å². The van der Waals surface area contributed by atoms with Crippen molar-refractivity contribution in [1.82, 2.24) is 14.9 Å². The quantitative estimate of drug-likeness (QED) is 0.940. The van der Waals surface area contributed by atoms with Gasteiger partial charge in [0.05, 0.1) is 29.5 Å². The molecular formula is C19H22N4O. The Balaban J connectivity index is 1.62. The fourth-order valence-electron chi connectivity index (χ4n) is 3.76. The summed E-state index contributed by atoms with van der Waals surface area (Å²) in [5, 5.41) is 3.03. The van der Waals surface area contributed by atoms with Crippen LogP contribution in [0.5, 0.6) is 0 Å². The lowest BCUT2D eigenvalue weighted by molar-refractivity contribution is -0.135. The number of nitrogens with zero attached hydrogens (tertiary/aromatic N) is 3. The van der Waals surface area contributed by atoms with Crippen LogP contribution < -0.4 is 5.32 Å². The fourth-order valence-corrected chi connectivity index (χ4v) is 3.76. The van der Waals surface area contributed by atoms with Crippen molar-refractivity contribution in [2.24, 2.45) is 0 Å². The van der Waals surface area contributed by atoms with Gasteiger partial charge < -0.3 is 10.2 Å². The van der Waals surface area contributed by atoms with Crippen LogP contribution in [0, 0.1) is 0 Å². The molecule has 1 aliphatic carbocycles. The Bertz CT molecular complexity index is 742. The van der Waals surface area contributed by atoms with Gasteiger partial charge in [0.2, 0.25) is 5.91 Å². The summed E-state index contributed by atoms with van der Waals surface area (Å²) in [5.41, 5.74) is 1.73. The summed E-state index contributed by atoms with van der Waals surface area (Å²) in [6, 6.07) is 10.2. The smallest absolute Gasteiger partial charge is 0.233 e. The lowest BCUT2D eigenvalue weighted by Crippen LogP contribution is -2.39. The van der Waals surface area contributed by atoms with Crippen LogP contribution in [0.4, 0.5) is 5.82 Å². The van der Waals surface area contributed by atoms with Crippen LogP contribution in [-0.4, -0.2) is 34.4 Å². The molecule has 2 aliphatic rings. The van der Waals surface area contributed by atoms with Crippen LogP contribution in [-0.2, 0) is 10.2 Å². The first kappa shape index (κ1) is 15.1. The minimum absolute atomic E-state index is 0.0412. The summed E-state index contributed by atoms with van der Waals surface area (Å²) < 4.78 is 0. The van der Waals surface area contributed by atoms with Crippen LogP contribution in [0.1, 0.15) is 43.0 Å². The van der Waals surface area contributed by atoms with Gasteiger partial charge in [-0.2, -0.15) is 0 Å². The van der Waals surface area contributed by atoms with E-state index in [0.29, 0.717) is 0 Å². The number of hydrogen-bond donors (Lipinski definition) is 1. The Morgan fingerprint density at radius 1 is 1.25 bits per heavy atom. The molecule has 1 amide bonds. The molecule has 1 saturated heterocycles. The fraction of sp³-hybridized carbons (Fsp3) is 0.421. The highest BCUT2D eigenvalue weighted by atomic mass is 16.2. The Kier molecular flexibility index (Phi) is 3.71. The van der Waals surface area contributed by atoms with Crippen molar-refractivity contribution in [2.75, 3.05) is 18.9 Å². The van der Waals surface area contributed by atoms with E-state index in [0.717, 1.165) is 49.3 Å². The number of anilines is 1. The van der Waals surface area contributed by atoms with Crippen molar-refractivity contribution in [1.29, 1.82) is 0 Å². The Morgan fingerprint density at radius 3 is 2.75 bits per heavy atom. The number of nitrogens with one attached hydrogen (secondary N) is 1. The van der Waals surface area contributed by atoms with Crippen molar-refractivity contribution < 1.29 is 4.79 Å². The van der Waals surface area contributed by atoms with Crippen LogP contribution in [0.15, 0.2) is 42.7 Å². The SMILES string of the molecule is CNc1cncc([C@H]2CCCN2C(=O)C2(c3ccccc3)CC2)n1. The third kappa shape index (κ3) is 2.44. The standard InChI is InChI=1S/C19H22N4O/c1-20-17-13-21-12-15(22-17)16-8-5-11-23(16)18(24)19(9-10-19)14-6-3-2-4-7-14/h2-4,6-7,12-13,16H,5,8-11H2,1H3,(H,20,22)/t16-/m1/s1. The van der Waals surface area contributed by atoms with Crippen molar-refractivity contribution in [3.05, 3.63) is 54.0 Å². The number of amides is 1. The third-order valence-electron chi connectivity index (χ3n) is 5.25. The Morgan fingerprint density at radius 2 is 2.04 bits per heavy atom. The van der Waals surface area contributed by atoms with Gasteiger partial charge in [-0.05, 0) is 31.2 Å². The normalized spacial score (nSPS) is 21.5.